The molecule has 3 unspecified atom stereocenters. The number of rotatable bonds is 0. The number of hydrogen-bond donors (Lipinski definition) is 0. The molecule has 16 heavy (non-hydrogen) atoms. The molecule has 86 valence electrons. The van der Waals surface area contributed by atoms with Crippen molar-refractivity contribution in [1.82, 2.24) is 0 Å². The Morgan fingerprint density at radius 1 is 1.12 bits per heavy atom. The van der Waals surface area contributed by atoms with E-state index in [4.69, 9.17) is 0 Å². The molecule has 1 aliphatic heterocycles. The summed E-state index contributed by atoms with van der Waals surface area (Å²) < 4.78 is 0. The smallest absolute Gasteiger partial charge is 0.0107 e. The van der Waals surface area contributed by atoms with Crippen LogP contribution in [0.5, 0.6) is 0 Å². The molecule has 1 aliphatic carbocycles. The molecule has 0 aromatic heterocycles. The standard InChI is InChI=1S/C15H20S/c1-11-13-7-3-2-6-12(13)10-16-15-9-5-4-8-14(11)15/h4-5,8-9,11-13H,2-3,6-7,10H2,1H3. The third kappa shape index (κ3) is 1.79. The first kappa shape index (κ1) is 10.7. The molecule has 2 aliphatic rings. The Morgan fingerprint density at radius 3 is 2.88 bits per heavy atom. The Morgan fingerprint density at radius 2 is 1.94 bits per heavy atom. The lowest BCUT2D eigenvalue weighted by Crippen LogP contribution is -2.24. The van der Waals surface area contributed by atoms with Crippen molar-refractivity contribution in [2.75, 3.05) is 5.75 Å². The van der Waals surface area contributed by atoms with Gasteiger partial charge in [0.1, 0.15) is 0 Å². The summed E-state index contributed by atoms with van der Waals surface area (Å²) >= 11 is 2.10. The summed E-state index contributed by atoms with van der Waals surface area (Å²) in [6.45, 7) is 2.45. The fourth-order valence-electron chi connectivity index (χ4n) is 3.52. The van der Waals surface area contributed by atoms with Crippen LogP contribution in [-0.2, 0) is 0 Å². The van der Waals surface area contributed by atoms with Gasteiger partial charge in [-0.15, -0.1) is 11.8 Å². The van der Waals surface area contributed by atoms with Gasteiger partial charge in [-0.05, 0) is 42.2 Å². The Bertz CT molecular complexity index is 371. The zero-order valence-corrected chi connectivity index (χ0v) is 10.8. The van der Waals surface area contributed by atoms with E-state index >= 15 is 0 Å². The van der Waals surface area contributed by atoms with Crippen molar-refractivity contribution in [3.8, 4) is 0 Å². The maximum Gasteiger partial charge on any atom is 0.0107 e. The van der Waals surface area contributed by atoms with Crippen molar-refractivity contribution in [3.05, 3.63) is 29.8 Å². The molecule has 1 aromatic rings. The van der Waals surface area contributed by atoms with Crippen molar-refractivity contribution in [2.45, 2.75) is 43.4 Å². The minimum absolute atomic E-state index is 0.775. The van der Waals surface area contributed by atoms with Gasteiger partial charge >= 0.3 is 0 Å². The summed E-state index contributed by atoms with van der Waals surface area (Å²) in [6.07, 6.45) is 5.85. The van der Waals surface area contributed by atoms with Gasteiger partial charge in [0.05, 0.1) is 0 Å². The predicted molar refractivity (Wildman–Crippen MR) is 71.0 cm³/mol. The molecule has 0 amide bonds. The largest absolute Gasteiger partial charge is 0.126 e. The van der Waals surface area contributed by atoms with E-state index in [1.807, 2.05) is 0 Å². The quantitative estimate of drug-likeness (QED) is 0.624. The first-order chi connectivity index (χ1) is 7.86. The highest BCUT2D eigenvalue weighted by Crippen LogP contribution is 2.47. The Labute approximate surface area is 103 Å². The summed E-state index contributed by atoms with van der Waals surface area (Å²) in [4.78, 5) is 1.55. The fourth-order valence-corrected chi connectivity index (χ4v) is 4.92. The zero-order chi connectivity index (χ0) is 11.0. The van der Waals surface area contributed by atoms with E-state index in [1.54, 1.807) is 10.5 Å². The first-order valence-electron chi connectivity index (χ1n) is 6.58. The summed E-state index contributed by atoms with van der Waals surface area (Å²) in [5.74, 6) is 4.05. The molecule has 3 rings (SSSR count). The van der Waals surface area contributed by atoms with Gasteiger partial charge < -0.3 is 0 Å². The van der Waals surface area contributed by atoms with Crippen molar-refractivity contribution >= 4 is 11.8 Å². The van der Waals surface area contributed by atoms with Crippen LogP contribution in [0.3, 0.4) is 0 Å². The topological polar surface area (TPSA) is 0 Å². The van der Waals surface area contributed by atoms with Crippen molar-refractivity contribution in [2.24, 2.45) is 11.8 Å². The van der Waals surface area contributed by atoms with Gasteiger partial charge in [0.2, 0.25) is 0 Å². The van der Waals surface area contributed by atoms with Crippen LogP contribution in [0, 0.1) is 11.8 Å². The van der Waals surface area contributed by atoms with Crippen LogP contribution < -0.4 is 0 Å². The lowest BCUT2D eigenvalue weighted by molar-refractivity contribution is 0.229. The second-order valence-electron chi connectivity index (χ2n) is 5.35. The van der Waals surface area contributed by atoms with E-state index in [1.165, 1.54) is 31.4 Å². The van der Waals surface area contributed by atoms with Crippen molar-refractivity contribution < 1.29 is 0 Å². The normalized spacial score (nSPS) is 33.7. The maximum absolute atomic E-state index is 2.45. The van der Waals surface area contributed by atoms with Gasteiger partial charge in [0, 0.05) is 10.6 Å². The number of benzene rings is 1. The van der Waals surface area contributed by atoms with E-state index in [9.17, 15) is 0 Å². The van der Waals surface area contributed by atoms with Gasteiger partial charge in [-0.25, -0.2) is 0 Å². The third-order valence-corrected chi connectivity index (χ3v) is 5.75. The van der Waals surface area contributed by atoms with Gasteiger partial charge in [-0.1, -0.05) is 38.0 Å². The highest BCUT2D eigenvalue weighted by molar-refractivity contribution is 7.99. The van der Waals surface area contributed by atoms with Crippen LogP contribution in [0.15, 0.2) is 29.2 Å². The lowest BCUT2D eigenvalue weighted by atomic mass is 9.72. The number of thioether (sulfide) groups is 1. The van der Waals surface area contributed by atoms with Crippen molar-refractivity contribution in [3.63, 3.8) is 0 Å². The van der Waals surface area contributed by atoms with Crippen molar-refractivity contribution in [1.29, 1.82) is 0 Å². The maximum atomic E-state index is 2.45. The molecule has 1 saturated carbocycles. The van der Waals surface area contributed by atoms with Gasteiger partial charge in [0.25, 0.3) is 0 Å². The van der Waals surface area contributed by atoms with Crippen LogP contribution in [-0.4, -0.2) is 5.75 Å². The molecule has 0 spiro atoms. The van der Waals surface area contributed by atoms with Gasteiger partial charge in [0.15, 0.2) is 0 Å². The van der Waals surface area contributed by atoms with E-state index < -0.39 is 0 Å². The van der Waals surface area contributed by atoms with Gasteiger partial charge in [-0.2, -0.15) is 0 Å². The summed E-state index contributed by atoms with van der Waals surface area (Å²) in [7, 11) is 0. The molecule has 0 radical (unpaired) electrons. The van der Waals surface area contributed by atoms with Crippen LogP contribution in [0.25, 0.3) is 0 Å². The highest BCUT2D eigenvalue weighted by Gasteiger charge is 2.33. The third-order valence-electron chi connectivity index (χ3n) is 4.47. The first-order valence-corrected chi connectivity index (χ1v) is 7.56. The predicted octanol–water partition coefficient (Wildman–Crippen LogP) is 4.70. The fraction of sp³-hybridized carbons (Fsp3) is 0.600. The molecule has 0 bridgehead atoms. The zero-order valence-electron chi connectivity index (χ0n) is 9.99. The van der Waals surface area contributed by atoms with E-state index in [-0.39, 0.29) is 0 Å². The molecule has 0 nitrogen and oxygen atoms in total. The molecule has 0 N–H and O–H groups in total. The van der Waals surface area contributed by atoms with Gasteiger partial charge in [-0.3, -0.25) is 0 Å². The van der Waals surface area contributed by atoms with E-state index in [0.29, 0.717) is 0 Å². The van der Waals surface area contributed by atoms with Crippen LogP contribution in [0.1, 0.15) is 44.1 Å². The summed E-state index contributed by atoms with van der Waals surface area (Å²) in [5, 5.41) is 0. The van der Waals surface area contributed by atoms with E-state index in [0.717, 1.165) is 17.8 Å². The lowest BCUT2D eigenvalue weighted by Gasteiger charge is -2.33. The SMILES string of the molecule is CC1c2ccccc2SCC2CCCCC21. The minimum Gasteiger partial charge on any atom is -0.126 e. The van der Waals surface area contributed by atoms with Crippen LogP contribution >= 0.6 is 11.8 Å². The molecule has 1 heterocycles. The van der Waals surface area contributed by atoms with Crippen LogP contribution in [0.4, 0.5) is 0 Å². The summed E-state index contributed by atoms with van der Waals surface area (Å²) in [6, 6.07) is 9.06. The molecule has 3 atom stereocenters. The molecular weight excluding hydrogens is 212 g/mol. The number of hydrogen-bond acceptors (Lipinski definition) is 1. The highest BCUT2D eigenvalue weighted by atomic mass is 32.2. The second kappa shape index (κ2) is 4.44. The second-order valence-corrected chi connectivity index (χ2v) is 6.41. The molecular formula is C15H20S. The molecule has 1 heteroatoms. The number of fused-ring (bicyclic) bond motifs is 2. The molecule has 1 fully saturated rings. The average molecular weight is 232 g/mol. The Hall–Kier alpha value is -0.430. The summed E-state index contributed by atoms with van der Waals surface area (Å²) in [5.41, 5.74) is 1.61. The minimum atomic E-state index is 0.775. The van der Waals surface area contributed by atoms with Crippen LogP contribution in [0.2, 0.25) is 0 Å². The monoisotopic (exact) mass is 232 g/mol. The average Bonchev–Trinajstić information content (AvgIpc) is 2.49. The Kier molecular flexibility index (Phi) is 2.97. The van der Waals surface area contributed by atoms with E-state index in [2.05, 4.69) is 43.0 Å². The molecule has 0 saturated heterocycles. The Balaban J connectivity index is 1.96. The molecule has 1 aromatic carbocycles.